The van der Waals surface area contributed by atoms with Crippen molar-refractivity contribution in [2.45, 2.75) is 76.7 Å². The Hall–Kier alpha value is -5.83. The molecule has 2 aliphatic rings. The maximum absolute atomic E-state index is 13.7. The number of nitrogens with one attached hydrogen (secondary N) is 4. The van der Waals surface area contributed by atoms with Crippen LogP contribution < -0.4 is 10.6 Å². The number of benzene rings is 2. The number of hydrogen-bond donors (Lipinski definition) is 4. The summed E-state index contributed by atoms with van der Waals surface area (Å²) in [5.41, 5.74) is 5.93. The molecule has 3 aromatic heterocycles. The number of alkyl carbamates (subject to hydrolysis) is 2. The van der Waals surface area contributed by atoms with E-state index in [2.05, 4.69) is 37.7 Å². The van der Waals surface area contributed by atoms with Crippen molar-refractivity contribution in [3.8, 4) is 22.5 Å². The fourth-order valence-corrected chi connectivity index (χ4v) is 7.97. The molecular formula is C41H49N7O8. The van der Waals surface area contributed by atoms with Crippen LogP contribution in [0.4, 0.5) is 9.59 Å². The minimum Gasteiger partial charge on any atom is -0.456 e. The second-order valence-corrected chi connectivity index (χ2v) is 14.8. The summed E-state index contributed by atoms with van der Waals surface area (Å²) in [5, 5.41) is 7.29. The van der Waals surface area contributed by atoms with Crippen LogP contribution in [0.3, 0.4) is 0 Å². The summed E-state index contributed by atoms with van der Waals surface area (Å²) in [6.07, 6.45) is 3.08. The number of methoxy groups -OCH3 is 3. The van der Waals surface area contributed by atoms with E-state index in [0.717, 1.165) is 75.8 Å². The van der Waals surface area contributed by atoms with Gasteiger partial charge in [0.05, 0.1) is 44.3 Å². The molecule has 296 valence electrons. The lowest BCUT2D eigenvalue weighted by Gasteiger charge is -2.30. The lowest BCUT2D eigenvalue weighted by Crippen LogP contribution is -2.54. The zero-order chi connectivity index (χ0) is 39.7. The highest BCUT2D eigenvalue weighted by Crippen LogP contribution is 2.38. The summed E-state index contributed by atoms with van der Waals surface area (Å²) in [4.78, 5) is 66.6. The fourth-order valence-electron chi connectivity index (χ4n) is 7.97. The number of aromatic amines is 2. The third kappa shape index (κ3) is 7.42. The van der Waals surface area contributed by atoms with E-state index in [9.17, 15) is 19.2 Å². The average molecular weight is 768 g/mol. The second-order valence-electron chi connectivity index (χ2n) is 14.8. The number of nitrogens with zero attached hydrogens (tertiary/aromatic N) is 3. The van der Waals surface area contributed by atoms with Gasteiger partial charge in [-0.15, -0.1) is 0 Å². The first-order valence-corrected chi connectivity index (χ1v) is 19.0. The standard InChI is InChI=1S/C41H49N7O8/c1-22(2)35(45-40(51)54-5)38(49)47-17-7-9-31(47)29-16-15-28(43-29)24-11-13-26-27-14-12-25(20-34(27)56-33(26)19-24)30-21-42-37(44-30)32-10-8-18-48(32)39(50)36(23(3)53-4)46-41(52)55-6/h11-16,19-23,31-32,35-36,43H,7-10,17-18H2,1-6H3,(H,42,44)(H,45,51)(H,46,52)/t23-,31+,32?,35+,36?/m1/s1. The lowest BCUT2D eigenvalue weighted by atomic mass is 10.0. The van der Waals surface area contributed by atoms with E-state index < -0.39 is 30.4 Å². The molecule has 2 fully saturated rings. The summed E-state index contributed by atoms with van der Waals surface area (Å²) in [7, 11) is 4.04. The average Bonchev–Trinajstić information content (AvgIpc) is 4.06. The summed E-state index contributed by atoms with van der Waals surface area (Å²) in [6.45, 7) is 6.68. The van der Waals surface area contributed by atoms with E-state index in [4.69, 9.17) is 18.6 Å². The van der Waals surface area contributed by atoms with Gasteiger partial charge in [0.25, 0.3) is 0 Å². The number of hydrogen-bond acceptors (Lipinski definition) is 9. The monoisotopic (exact) mass is 767 g/mol. The van der Waals surface area contributed by atoms with Gasteiger partial charge in [0, 0.05) is 53.5 Å². The third-order valence-electron chi connectivity index (χ3n) is 11.1. The quantitative estimate of drug-likeness (QED) is 0.118. The number of imidazole rings is 1. The molecule has 5 heterocycles. The van der Waals surface area contributed by atoms with Gasteiger partial charge in [-0.3, -0.25) is 9.59 Å². The van der Waals surface area contributed by atoms with E-state index >= 15 is 0 Å². The SMILES string of the molecule is COC(=O)NC(C(=O)N1CCCC1c1ncc(-c2ccc3c(c2)oc2cc(-c4ccc([C@@H]5CCCN5C(=O)[C@@H](NC(=O)OC)C(C)C)[nH]4)ccc23)[nH]1)[C@@H](C)OC. The Bertz CT molecular complexity index is 2240. The maximum atomic E-state index is 13.7. The molecule has 2 unspecified atom stereocenters. The van der Waals surface area contributed by atoms with E-state index in [1.165, 1.54) is 21.3 Å². The highest BCUT2D eigenvalue weighted by atomic mass is 16.5. The molecule has 15 nitrogen and oxygen atoms in total. The Morgan fingerprint density at radius 2 is 1.32 bits per heavy atom. The molecule has 2 aromatic carbocycles. The first kappa shape index (κ1) is 38.4. The van der Waals surface area contributed by atoms with Gasteiger partial charge < -0.3 is 49.0 Å². The van der Waals surface area contributed by atoms with Gasteiger partial charge in [-0.2, -0.15) is 0 Å². The normalized spacial score (nSPS) is 18.7. The van der Waals surface area contributed by atoms with Crippen LogP contribution in [0.5, 0.6) is 0 Å². The van der Waals surface area contributed by atoms with Gasteiger partial charge in [0.2, 0.25) is 11.8 Å². The van der Waals surface area contributed by atoms with Crippen LogP contribution in [0.1, 0.15) is 70.1 Å². The molecule has 0 saturated carbocycles. The maximum Gasteiger partial charge on any atom is 0.407 e. The third-order valence-corrected chi connectivity index (χ3v) is 11.1. The first-order chi connectivity index (χ1) is 27.0. The number of carbonyl (C=O) groups is 4. The minimum atomic E-state index is -0.910. The highest BCUT2D eigenvalue weighted by Gasteiger charge is 2.39. The molecule has 0 bridgehead atoms. The molecule has 0 radical (unpaired) electrons. The molecule has 4 N–H and O–H groups in total. The number of amides is 4. The van der Waals surface area contributed by atoms with Crippen LogP contribution in [0.25, 0.3) is 44.5 Å². The van der Waals surface area contributed by atoms with Crippen molar-refractivity contribution in [1.29, 1.82) is 0 Å². The number of H-pyrrole nitrogens is 2. The summed E-state index contributed by atoms with van der Waals surface area (Å²) >= 11 is 0. The van der Waals surface area contributed by atoms with Gasteiger partial charge in [-0.25, -0.2) is 14.6 Å². The molecule has 0 spiro atoms. The highest BCUT2D eigenvalue weighted by molar-refractivity contribution is 6.06. The van der Waals surface area contributed by atoms with E-state index in [1.807, 2.05) is 55.1 Å². The van der Waals surface area contributed by atoms with Crippen molar-refractivity contribution in [2.75, 3.05) is 34.4 Å². The number of furan rings is 1. The molecular weight excluding hydrogens is 718 g/mol. The zero-order valence-electron chi connectivity index (χ0n) is 32.5. The number of fused-ring (bicyclic) bond motifs is 3. The van der Waals surface area contributed by atoms with Crippen molar-refractivity contribution < 1.29 is 37.8 Å². The van der Waals surface area contributed by atoms with Crippen molar-refractivity contribution >= 4 is 45.9 Å². The van der Waals surface area contributed by atoms with Crippen LogP contribution in [0, 0.1) is 5.92 Å². The van der Waals surface area contributed by atoms with Gasteiger partial charge in [0.1, 0.15) is 29.1 Å². The first-order valence-electron chi connectivity index (χ1n) is 19.0. The Kier molecular flexibility index (Phi) is 11.1. The van der Waals surface area contributed by atoms with Crippen molar-refractivity contribution in [1.82, 2.24) is 35.4 Å². The molecule has 56 heavy (non-hydrogen) atoms. The van der Waals surface area contributed by atoms with Crippen LogP contribution in [0.2, 0.25) is 0 Å². The molecule has 2 aliphatic heterocycles. The van der Waals surface area contributed by atoms with Crippen LogP contribution >= 0.6 is 0 Å². The zero-order valence-corrected chi connectivity index (χ0v) is 32.5. The molecule has 5 aromatic rings. The number of likely N-dealkylation sites (tertiary alicyclic amines) is 2. The van der Waals surface area contributed by atoms with Crippen LogP contribution in [0.15, 0.2) is 59.1 Å². The Labute approximate surface area is 324 Å². The minimum absolute atomic E-state index is 0.103. The predicted molar refractivity (Wildman–Crippen MR) is 208 cm³/mol. The molecule has 0 aliphatic carbocycles. The van der Waals surface area contributed by atoms with E-state index in [1.54, 1.807) is 18.0 Å². The smallest absolute Gasteiger partial charge is 0.407 e. The van der Waals surface area contributed by atoms with Crippen LogP contribution in [-0.4, -0.2) is 101 Å². The van der Waals surface area contributed by atoms with Crippen molar-refractivity contribution in [3.63, 3.8) is 0 Å². The number of rotatable bonds is 11. The topological polar surface area (TPSA) is 184 Å². The molecule has 4 amide bonds. The molecule has 2 saturated heterocycles. The van der Waals surface area contributed by atoms with E-state index in [0.29, 0.717) is 18.9 Å². The second kappa shape index (κ2) is 16.1. The summed E-state index contributed by atoms with van der Waals surface area (Å²) in [5.74, 6) is 0.179. The fraction of sp³-hybridized carbons (Fsp3) is 0.439. The molecule has 7 rings (SSSR count). The van der Waals surface area contributed by atoms with Crippen molar-refractivity contribution in [2.24, 2.45) is 5.92 Å². The van der Waals surface area contributed by atoms with Gasteiger partial charge in [0.15, 0.2) is 0 Å². The summed E-state index contributed by atoms with van der Waals surface area (Å²) in [6, 6.07) is 14.2. The predicted octanol–water partition coefficient (Wildman–Crippen LogP) is 6.44. The molecule has 15 heteroatoms. The van der Waals surface area contributed by atoms with Gasteiger partial charge >= 0.3 is 12.2 Å². The Balaban J connectivity index is 1.09. The number of aromatic nitrogens is 3. The Morgan fingerprint density at radius 1 is 0.750 bits per heavy atom. The van der Waals surface area contributed by atoms with Crippen LogP contribution in [-0.2, 0) is 23.8 Å². The summed E-state index contributed by atoms with van der Waals surface area (Å²) < 4.78 is 21.4. The number of carbonyl (C=O) groups excluding carboxylic acids is 4. The van der Waals surface area contributed by atoms with Gasteiger partial charge in [-0.1, -0.05) is 26.0 Å². The lowest BCUT2D eigenvalue weighted by molar-refractivity contribution is -0.137. The Morgan fingerprint density at radius 3 is 1.93 bits per heavy atom. The van der Waals surface area contributed by atoms with E-state index in [-0.39, 0.29) is 29.8 Å². The number of ether oxygens (including phenoxy) is 3. The largest absolute Gasteiger partial charge is 0.456 e. The molecule has 5 atom stereocenters. The van der Waals surface area contributed by atoms with Crippen molar-refractivity contribution in [3.05, 3.63) is 66.2 Å². The van der Waals surface area contributed by atoms with Gasteiger partial charge in [-0.05, 0) is 74.9 Å².